The molecule has 0 N–H and O–H groups in total. The van der Waals surface area contributed by atoms with Crippen LogP contribution in [0.3, 0.4) is 0 Å². The van der Waals surface area contributed by atoms with E-state index in [1.807, 2.05) is 0 Å². The van der Waals surface area contributed by atoms with E-state index in [4.69, 9.17) is 0 Å². The molecule has 0 saturated heterocycles. The summed E-state index contributed by atoms with van der Waals surface area (Å²) < 4.78 is 125. The predicted octanol–water partition coefficient (Wildman–Crippen LogP) is 11.2. The van der Waals surface area contributed by atoms with E-state index in [-0.39, 0.29) is 18.2 Å². The van der Waals surface area contributed by atoms with Crippen LogP contribution in [-0.2, 0) is 26.5 Å². The number of hydrogen-bond acceptors (Lipinski definition) is 1. The molecule has 0 aliphatic heterocycles. The zero-order chi connectivity index (χ0) is 36.0. The van der Waals surface area contributed by atoms with Crippen molar-refractivity contribution in [3.05, 3.63) is 116 Å². The Morgan fingerprint density at radius 3 is 0.872 bits per heavy atom. The van der Waals surface area contributed by atoms with Crippen LogP contribution in [0.15, 0.2) is 69.3 Å². The van der Waals surface area contributed by atoms with Crippen LogP contribution in [0.25, 0.3) is 0 Å². The Bertz CT molecular complexity index is 1570. The van der Waals surface area contributed by atoms with Crippen molar-refractivity contribution in [3.63, 3.8) is 0 Å². The summed E-state index contributed by atoms with van der Waals surface area (Å²) >= 11 is 0. The number of alkyl halides is 6. The van der Waals surface area contributed by atoms with Gasteiger partial charge < -0.3 is 12.9 Å². The Labute approximate surface area is 270 Å². The van der Waals surface area contributed by atoms with Gasteiger partial charge in [-0.25, -0.2) is 0 Å². The van der Waals surface area contributed by atoms with Crippen molar-refractivity contribution >= 4 is 22.4 Å². The van der Waals surface area contributed by atoms with E-state index < -0.39 is 45.9 Å². The molecule has 47 heavy (non-hydrogen) atoms. The fraction of sp³-hybridized carbons (Fsp3) is 0.314. The second-order valence-electron chi connectivity index (χ2n) is 12.2. The SMILES string of the molecule is Cc1cc(C)c([S+](=O)(c2c(C)cc(C)cc2C)c2c(C)cc(C)cc2C)c(C)c1.F[B-](F)(F)c1cc(C(F)(F)F)cc(C(F)(F)F)c1. The fourth-order valence-electron chi connectivity index (χ4n) is 6.33. The summed E-state index contributed by atoms with van der Waals surface area (Å²) in [5, 5.41) is 0. The molecule has 0 spiro atoms. The molecular weight excluding hydrogens is 650 g/mol. The van der Waals surface area contributed by atoms with Crippen molar-refractivity contribution in [3.8, 4) is 0 Å². The summed E-state index contributed by atoms with van der Waals surface area (Å²) in [6.45, 7) is 13.0. The maximum Gasteiger partial charge on any atom is 0.509 e. The van der Waals surface area contributed by atoms with Gasteiger partial charge in [-0.05, 0) is 68.4 Å². The molecule has 0 unspecified atom stereocenters. The quantitative estimate of drug-likeness (QED) is 0.119. The van der Waals surface area contributed by atoms with Gasteiger partial charge >= 0.3 is 19.3 Å². The highest BCUT2D eigenvalue weighted by atomic mass is 32.2. The van der Waals surface area contributed by atoms with Crippen LogP contribution >= 0.6 is 0 Å². The molecule has 0 atom stereocenters. The van der Waals surface area contributed by atoms with E-state index in [2.05, 4.69) is 98.7 Å². The van der Waals surface area contributed by atoms with Crippen LogP contribution in [0.1, 0.15) is 61.2 Å². The summed E-state index contributed by atoms with van der Waals surface area (Å²) in [5.74, 6) is 0. The van der Waals surface area contributed by atoms with Crippen molar-refractivity contribution in [1.29, 1.82) is 0 Å². The van der Waals surface area contributed by atoms with E-state index >= 15 is 4.21 Å². The number of aryl methyl sites for hydroxylation is 9. The van der Waals surface area contributed by atoms with Gasteiger partial charge in [0.2, 0.25) is 0 Å². The summed E-state index contributed by atoms with van der Waals surface area (Å²) in [6.07, 6.45) is -10.6. The normalized spacial score (nSPS) is 12.6. The van der Waals surface area contributed by atoms with Crippen LogP contribution in [0, 0.1) is 62.3 Å². The molecule has 0 radical (unpaired) electrons. The van der Waals surface area contributed by atoms with Crippen LogP contribution < -0.4 is 5.46 Å². The van der Waals surface area contributed by atoms with Gasteiger partial charge in [0.15, 0.2) is 24.6 Å². The largest absolute Gasteiger partial charge is 0.509 e. The van der Waals surface area contributed by atoms with Crippen LogP contribution in [-0.4, -0.2) is 6.98 Å². The molecule has 4 rings (SSSR count). The van der Waals surface area contributed by atoms with Crippen LogP contribution in [0.5, 0.6) is 0 Å². The first-order valence-electron chi connectivity index (χ1n) is 14.6. The van der Waals surface area contributed by atoms with Gasteiger partial charge in [-0.3, -0.25) is 0 Å². The highest BCUT2D eigenvalue weighted by molar-refractivity contribution is 8.03. The van der Waals surface area contributed by atoms with E-state index in [0.717, 1.165) is 48.1 Å². The Morgan fingerprint density at radius 2 is 0.681 bits per heavy atom. The third kappa shape index (κ3) is 8.13. The average Bonchev–Trinajstić information content (AvgIpc) is 2.85. The lowest BCUT2D eigenvalue weighted by Crippen LogP contribution is -2.36. The van der Waals surface area contributed by atoms with E-state index in [1.165, 1.54) is 16.7 Å². The molecule has 0 aliphatic rings. The molecule has 0 saturated carbocycles. The van der Waals surface area contributed by atoms with Crippen molar-refractivity contribution < 1.29 is 43.5 Å². The molecule has 12 heteroatoms. The van der Waals surface area contributed by atoms with Crippen LogP contribution in [0.2, 0.25) is 0 Å². The lowest BCUT2D eigenvalue weighted by molar-refractivity contribution is -0.143. The smallest absolute Gasteiger partial charge is 0.445 e. The Morgan fingerprint density at radius 1 is 0.447 bits per heavy atom. The first kappa shape index (κ1) is 37.9. The summed E-state index contributed by atoms with van der Waals surface area (Å²) in [4.78, 5) is 2.94. The van der Waals surface area contributed by atoms with E-state index in [9.17, 15) is 39.3 Å². The Balaban J connectivity index is 0.000000287. The van der Waals surface area contributed by atoms with Crippen molar-refractivity contribution in [2.45, 2.75) is 89.4 Å². The van der Waals surface area contributed by atoms with Crippen molar-refractivity contribution in [2.24, 2.45) is 0 Å². The molecule has 254 valence electrons. The fourth-order valence-corrected chi connectivity index (χ4v) is 10.0. The predicted molar refractivity (Wildman–Crippen MR) is 170 cm³/mol. The maximum atomic E-state index is 15.4. The van der Waals surface area contributed by atoms with Gasteiger partial charge in [-0.2, -0.15) is 26.3 Å². The molecule has 0 heterocycles. The number of hydrogen-bond donors (Lipinski definition) is 0. The third-order valence-corrected chi connectivity index (χ3v) is 11.3. The Kier molecular flexibility index (Phi) is 10.6. The van der Waals surface area contributed by atoms with Gasteiger partial charge in [-0.1, -0.05) is 69.4 Å². The van der Waals surface area contributed by atoms with Crippen LogP contribution in [0.4, 0.5) is 39.3 Å². The van der Waals surface area contributed by atoms with Gasteiger partial charge in [0.1, 0.15) is 0 Å². The van der Waals surface area contributed by atoms with Gasteiger partial charge in [-0.15, -0.1) is 5.46 Å². The Hall–Kier alpha value is -3.54. The summed E-state index contributed by atoms with van der Waals surface area (Å²) in [5.41, 5.74) is 4.35. The minimum Gasteiger partial charge on any atom is -0.445 e. The number of halogens is 9. The zero-order valence-electron chi connectivity index (χ0n) is 27.5. The molecular formula is C35H36BF9OS. The molecule has 4 aromatic carbocycles. The average molecular weight is 687 g/mol. The number of benzene rings is 4. The molecule has 0 amide bonds. The molecule has 4 aromatic rings. The van der Waals surface area contributed by atoms with E-state index in [0.29, 0.717) is 0 Å². The van der Waals surface area contributed by atoms with E-state index in [1.54, 1.807) is 0 Å². The zero-order valence-corrected chi connectivity index (χ0v) is 28.3. The summed E-state index contributed by atoms with van der Waals surface area (Å²) in [7, 11) is -2.66. The third-order valence-electron chi connectivity index (χ3n) is 7.66. The van der Waals surface area contributed by atoms with Gasteiger partial charge in [0.25, 0.3) is 0 Å². The monoisotopic (exact) mass is 686 g/mol. The maximum absolute atomic E-state index is 15.4. The number of rotatable bonds is 4. The highest BCUT2D eigenvalue weighted by Crippen LogP contribution is 2.46. The highest BCUT2D eigenvalue weighted by Gasteiger charge is 2.45. The standard InChI is InChI=1S/C27H33OS.C8H3BF9/c1-16-10-19(4)25(20(5)11-16)29(28,26-21(6)12-17(2)13-22(26)7)27-23(8)14-18(3)15-24(27)9;10-7(11,12)4-1-5(8(13,14)15)3-6(2-4)9(16,17)18/h10-15H,1-9H3;1-3H/q+1;-1. The summed E-state index contributed by atoms with van der Waals surface area (Å²) in [6, 6.07) is 12.0. The molecule has 1 nitrogen and oxygen atoms in total. The lowest BCUT2D eigenvalue weighted by atomic mass is 9.78. The first-order valence-corrected chi connectivity index (χ1v) is 16.1. The second kappa shape index (κ2) is 13.2. The molecule has 0 bridgehead atoms. The van der Waals surface area contributed by atoms with Gasteiger partial charge in [0, 0.05) is 33.4 Å². The minimum absolute atomic E-state index is 0.338. The minimum atomic E-state index is -5.95. The molecule has 0 aliphatic carbocycles. The lowest BCUT2D eigenvalue weighted by Gasteiger charge is -2.23. The topological polar surface area (TPSA) is 17.1 Å². The van der Waals surface area contributed by atoms with Gasteiger partial charge in [0.05, 0.1) is 11.1 Å². The first-order chi connectivity index (χ1) is 21.3. The molecule has 0 fully saturated rings. The van der Waals surface area contributed by atoms with Crippen molar-refractivity contribution in [2.75, 3.05) is 0 Å². The molecule has 0 aromatic heterocycles. The second-order valence-corrected chi connectivity index (χ2v) is 14.5. The van der Waals surface area contributed by atoms with Crippen molar-refractivity contribution in [1.82, 2.24) is 0 Å².